The molecule has 5 rings (SSSR count). The van der Waals surface area contributed by atoms with Crippen molar-refractivity contribution in [1.82, 2.24) is 20.1 Å². The van der Waals surface area contributed by atoms with E-state index in [2.05, 4.69) is 49.7 Å². The average molecular weight is 656 g/mol. The molecule has 1 amide bonds. The number of ether oxygens (including phenoxy) is 1. The van der Waals surface area contributed by atoms with E-state index in [0.29, 0.717) is 17.1 Å². The zero-order valence-corrected chi connectivity index (χ0v) is 23.7. The van der Waals surface area contributed by atoms with Crippen molar-refractivity contribution >= 4 is 34.4 Å². The second-order valence-electron chi connectivity index (χ2n) is 9.72. The summed E-state index contributed by atoms with van der Waals surface area (Å²) in [6, 6.07) is 19.5. The summed E-state index contributed by atoms with van der Waals surface area (Å²) in [7, 11) is 0. The number of carbonyl (C=O) groups excluding carboxylic acids is 1. The van der Waals surface area contributed by atoms with E-state index in [1.165, 1.54) is 5.56 Å². The number of halogens is 6. The topological polar surface area (TPSA) is 158 Å². The smallest absolute Gasteiger partial charge is 0.475 e. The first kappa shape index (κ1) is 35.3. The summed E-state index contributed by atoms with van der Waals surface area (Å²) in [6.45, 7) is 2.82. The van der Waals surface area contributed by atoms with Gasteiger partial charge in [-0.3, -0.25) is 14.8 Å². The molecule has 1 aliphatic rings. The molecule has 4 N–H and O–H groups in total. The summed E-state index contributed by atoms with van der Waals surface area (Å²) in [6.07, 6.45) is -4.70. The van der Waals surface area contributed by atoms with E-state index in [-0.39, 0.29) is 12.0 Å². The number of pyridine rings is 1. The minimum atomic E-state index is -5.08. The monoisotopic (exact) mass is 655 g/mol. The van der Waals surface area contributed by atoms with Gasteiger partial charge < -0.3 is 20.3 Å². The Morgan fingerprint density at radius 2 is 1.61 bits per heavy atom. The van der Waals surface area contributed by atoms with E-state index in [4.69, 9.17) is 24.5 Å². The van der Waals surface area contributed by atoms with Gasteiger partial charge in [-0.15, -0.1) is 0 Å². The highest BCUT2D eigenvalue weighted by Crippen LogP contribution is 2.21. The molecule has 2 aromatic carbocycles. The number of likely N-dealkylation sites (tertiary alicyclic amines) is 1. The van der Waals surface area contributed by atoms with Gasteiger partial charge in [0.05, 0.1) is 11.7 Å². The molecule has 11 nitrogen and oxygen atoms in total. The number of carboxylic acid groups (broad SMARTS) is 2. The maximum absolute atomic E-state index is 12.8. The summed E-state index contributed by atoms with van der Waals surface area (Å²) in [5.74, 6) is -5.23. The normalized spacial score (nSPS) is 15.0. The second kappa shape index (κ2) is 15.7. The molecule has 4 aromatic rings. The third kappa shape index (κ3) is 11.4. The SMILES string of the molecule is O=C(Nc1ccc2[nH]ncc2c1)c1ccnc(OC2CCCN(Cc3ccccc3)C2)c1.O=C(O)C(F)(F)F.O=C(O)C(F)(F)F. The van der Waals surface area contributed by atoms with Gasteiger partial charge in [-0.25, -0.2) is 14.6 Å². The number of H-pyrrole nitrogens is 1. The number of carboxylic acids is 2. The molecular weight excluding hydrogens is 628 g/mol. The maximum atomic E-state index is 12.8. The molecule has 1 saturated heterocycles. The number of fused-ring (bicyclic) bond motifs is 1. The summed E-state index contributed by atoms with van der Waals surface area (Å²) in [5.41, 5.74) is 3.46. The van der Waals surface area contributed by atoms with Crippen molar-refractivity contribution in [2.24, 2.45) is 0 Å². The number of nitrogens with zero attached hydrogens (tertiary/aromatic N) is 3. The van der Waals surface area contributed by atoms with Crippen molar-refractivity contribution in [3.63, 3.8) is 0 Å². The molecule has 0 spiro atoms. The molecule has 0 saturated carbocycles. The number of anilines is 1. The molecule has 1 fully saturated rings. The minimum Gasteiger partial charge on any atom is -0.475 e. The Morgan fingerprint density at radius 3 is 2.24 bits per heavy atom. The van der Waals surface area contributed by atoms with Gasteiger partial charge in [-0.2, -0.15) is 31.4 Å². The predicted molar refractivity (Wildman–Crippen MR) is 151 cm³/mol. The minimum absolute atomic E-state index is 0.0572. The van der Waals surface area contributed by atoms with Gasteiger partial charge in [-0.05, 0) is 49.2 Å². The molecule has 0 bridgehead atoms. The lowest BCUT2D eigenvalue weighted by molar-refractivity contribution is -0.193. The molecule has 246 valence electrons. The van der Waals surface area contributed by atoms with Gasteiger partial charge in [0, 0.05) is 42.0 Å². The number of benzene rings is 2. The number of rotatable bonds is 6. The van der Waals surface area contributed by atoms with E-state index < -0.39 is 24.3 Å². The highest BCUT2D eigenvalue weighted by Gasteiger charge is 2.38. The summed E-state index contributed by atoms with van der Waals surface area (Å²) in [5, 5.41) is 25.0. The quantitative estimate of drug-likeness (QED) is 0.196. The van der Waals surface area contributed by atoms with Crippen LogP contribution in [-0.4, -0.2) is 79.7 Å². The molecular formula is C29H27F6N5O6. The van der Waals surface area contributed by atoms with E-state index in [1.54, 1.807) is 24.5 Å². The first-order valence-corrected chi connectivity index (χ1v) is 13.4. The summed E-state index contributed by atoms with van der Waals surface area (Å²) >= 11 is 0. The van der Waals surface area contributed by atoms with E-state index >= 15 is 0 Å². The molecule has 1 aliphatic heterocycles. The van der Waals surface area contributed by atoms with Crippen molar-refractivity contribution in [1.29, 1.82) is 0 Å². The van der Waals surface area contributed by atoms with Gasteiger partial charge >= 0.3 is 24.3 Å². The van der Waals surface area contributed by atoms with Crippen molar-refractivity contribution in [2.75, 3.05) is 18.4 Å². The fraction of sp³-hybridized carbons (Fsp3) is 0.276. The number of hydrogen-bond acceptors (Lipinski definition) is 7. The Kier molecular flexibility index (Phi) is 12.0. The number of piperidine rings is 1. The predicted octanol–water partition coefficient (Wildman–Crippen LogP) is 5.52. The van der Waals surface area contributed by atoms with Crippen LogP contribution in [0.5, 0.6) is 5.88 Å². The maximum Gasteiger partial charge on any atom is 0.490 e. The Morgan fingerprint density at radius 1 is 0.957 bits per heavy atom. The first-order chi connectivity index (χ1) is 21.6. The van der Waals surface area contributed by atoms with Crippen LogP contribution >= 0.6 is 0 Å². The van der Waals surface area contributed by atoms with Gasteiger partial charge in [0.1, 0.15) is 6.10 Å². The fourth-order valence-corrected chi connectivity index (χ4v) is 4.10. The van der Waals surface area contributed by atoms with Crippen LogP contribution < -0.4 is 10.1 Å². The number of amides is 1. The zero-order chi connectivity index (χ0) is 33.9. The first-order valence-electron chi connectivity index (χ1n) is 13.4. The molecule has 1 atom stereocenters. The lowest BCUT2D eigenvalue weighted by atomic mass is 10.1. The zero-order valence-electron chi connectivity index (χ0n) is 23.7. The Balaban J connectivity index is 0.000000345. The highest BCUT2D eigenvalue weighted by atomic mass is 19.4. The number of aliphatic carboxylic acids is 2. The third-order valence-corrected chi connectivity index (χ3v) is 6.18. The number of carbonyl (C=O) groups is 3. The van der Waals surface area contributed by atoms with Crippen molar-refractivity contribution < 1.29 is 55.7 Å². The number of hydrogen-bond donors (Lipinski definition) is 4. The van der Waals surface area contributed by atoms with Gasteiger partial charge in [0.2, 0.25) is 5.88 Å². The van der Waals surface area contributed by atoms with Crippen LogP contribution in [0.2, 0.25) is 0 Å². The number of aromatic amines is 1. The highest BCUT2D eigenvalue weighted by molar-refractivity contribution is 6.05. The number of nitrogens with one attached hydrogen (secondary N) is 2. The lowest BCUT2D eigenvalue weighted by Gasteiger charge is -2.32. The van der Waals surface area contributed by atoms with Crippen LogP contribution in [-0.2, 0) is 16.1 Å². The molecule has 3 heterocycles. The fourth-order valence-electron chi connectivity index (χ4n) is 4.10. The molecule has 2 aromatic heterocycles. The Hall–Kier alpha value is -5.19. The van der Waals surface area contributed by atoms with Crippen molar-refractivity contribution in [3.05, 3.63) is 84.2 Å². The molecule has 0 radical (unpaired) electrons. The van der Waals surface area contributed by atoms with Crippen LogP contribution in [0.3, 0.4) is 0 Å². The van der Waals surface area contributed by atoms with Crippen LogP contribution in [0.15, 0.2) is 73.1 Å². The lowest BCUT2D eigenvalue weighted by Crippen LogP contribution is -2.40. The third-order valence-electron chi connectivity index (χ3n) is 6.18. The summed E-state index contributed by atoms with van der Waals surface area (Å²) < 4.78 is 69.6. The largest absolute Gasteiger partial charge is 0.490 e. The molecule has 1 unspecified atom stereocenters. The molecule has 46 heavy (non-hydrogen) atoms. The van der Waals surface area contributed by atoms with Gasteiger partial charge in [0.25, 0.3) is 5.91 Å². The van der Waals surface area contributed by atoms with Crippen LogP contribution in [0.1, 0.15) is 28.8 Å². The van der Waals surface area contributed by atoms with E-state index in [1.807, 2.05) is 24.3 Å². The second-order valence-corrected chi connectivity index (χ2v) is 9.72. The van der Waals surface area contributed by atoms with Crippen LogP contribution in [0.25, 0.3) is 10.9 Å². The van der Waals surface area contributed by atoms with Crippen molar-refractivity contribution in [3.8, 4) is 5.88 Å². The standard InChI is InChI=1S/C25H25N5O2.2C2HF3O2/c31-25(28-21-8-9-23-20(13-21)15-27-29-23)19-10-11-26-24(14-19)32-22-7-4-12-30(17-22)16-18-5-2-1-3-6-18;2*3-2(4,5)1(6)7/h1-3,5-6,8-11,13-15,22H,4,7,12,16-17H2,(H,27,29)(H,28,31);2*(H,6,7). The number of alkyl halides is 6. The molecule has 0 aliphatic carbocycles. The average Bonchev–Trinajstić information content (AvgIpc) is 3.46. The van der Waals surface area contributed by atoms with Gasteiger partial charge in [-0.1, -0.05) is 30.3 Å². The van der Waals surface area contributed by atoms with E-state index in [9.17, 15) is 31.1 Å². The Labute approximate surface area is 256 Å². The van der Waals surface area contributed by atoms with E-state index in [0.717, 1.165) is 43.4 Å². The Bertz CT molecular complexity index is 1590. The van der Waals surface area contributed by atoms with Crippen LogP contribution in [0.4, 0.5) is 32.0 Å². The summed E-state index contributed by atoms with van der Waals surface area (Å²) in [4.78, 5) is 37.3. The van der Waals surface area contributed by atoms with Gasteiger partial charge in [0.15, 0.2) is 0 Å². The van der Waals surface area contributed by atoms with Crippen LogP contribution in [0, 0.1) is 0 Å². The molecule has 17 heteroatoms. The van der Waals surface area contributed by atoms with Crippen molar-refractivity contribution in [2.45, 2.75) is 37.8 Å². The number of aromatic nitrogens is 3.